The van der Waals surface area contributed by atoms with Crippen LogP contribution in [0.4, 0.5) is 9.18 Å². The Balaban J connectivity index is 1.44. The van der Waals surface area contributed by atoms with Crippen LogP contribution in [0.2, 0.25) is 0 Å². The van der Waals surface area contributed by atoms with Gasteiger partial charge in [-0.2, -0.15) is 0 Å². The zero-order valence-corrected chi connectivity index (χ0v) is 16.5. The van der Waals surface area contributed by atoms with E-state index in [0.29, 0.717) is 25.8 Å². The average molecular weight is 409 g/mol. The summed E-state index contributed by atoms with van der Waals surface area (Å²) in [6.07, 6.45) is 2.64. The third-order valence-electron chi connectivity index (χ3n) is 5.60. The van der Waals surface area contributed by atoms with Crippen LogP contribution in [-0.2, 0) is 30.6 Å². The largest absolute Gasteiger partial charge is 0.480 e. The summed E-state index contributed by atoms with van der Waals surface area (Å²) >= 11 is 0. The molecule has 0 bridgehead atoms. The Kier molecular flexibility index (Phi) is 5.70. The van der Waals surface area contributed by atoms with E-state index < -0.39 is 5.97 Å². The number of rotatable bonds is 6. The van der Waals surface area contributed by atoms with Gasteiger partial charge < -0.3 is 20.3 Å². The lowest BCUT2D eigenvalue weighted by atomic mass is 9.91. The first-order valence-electron chi connectivity index (χ1n) is 10.1. The fourth-order valence-corrected chi connectivity index (χ4v) is 4.26. The van der Waals surface area contributed by atoms with Gasteiger partial charge in [0.05, 0.1) is 0 Å². The lowest BCUT2D eigenvalue weighted by Gasteiger charge is -2.25. The second-order valence-corrected chi connectivity index (χ2v) is 7.64. The molecule has 1 heterocycles. The number of aliphatic carboxylic acids is 1. The highest BCUT2D eigenvalue weighted by Crippen LogP contribution is 2.32. The number of urea groups is 1. The monoisotopic (exact) mass is 409 g/mol. The topological polar surface area (TPSA) is 83.4 Å². The Morgan fingerprint density at radius 2 is 1.97 bits per heavy atom. The highest BCUT2D eigenvalue weighted by atomic mass is 19.1. The van der Waals surface area contributed by atoms with Crippen LogP contribution in [0.1, 0.15) is 23.2 Å². The van der Waals surface area contributed by atoms with Crippen LogP contribution in [0.5, 0.6) is 0 Å². The number of hydrogen-bond donors (Lipinski definition) is 3. The molecule has 0 saturated carbocycles. The Bertz CT molecular complexity index is 1080. The molecule has 0 spiro atoms. The molecule has 4 rings (SSSR count). The van der Waals surface area contributed by atoms with Gasteiger partial charge in [-0.15, -0.1) is 0 Å². The minimum Gasteiger partial charge on any atom is -0.480 e. The van der Waals surface area contributed by atoms with E-state index in [1.54, 1.807) is 10.6 Å². The van der Waals surface area contributed by atoms with Gasteiger partial charge in [-0.3, -0.25) is 4.79 Å². The van der Waals surface area contributed by atoms with Crippen LogP contribution in [0.25, 0.3) is 10.9 Å². The molecule has 2 amide bonds. The summed E-state index contributed by atoms with van der Waals surface area (Å²) in [5.41, 5.74) is 3.72. The number of carbonyl (C=O) groups is 2. The van der Waals surface area contributed by atoms with Crippen molar-refractivity contribution in [1.82, 2.24) is 15.2 Å². The molecule has 3 N–H and O–H groups in total. The van der Waals surface area contributed by atoms with Crippen LogP contribution in [-0.4, -0.2) is 34.3 Å². The summed E-state index contributed by atoms with van der Waals surface area (Å²) in [7, 11) is 0. The minimum atomic E-state index is -0.933. The number of nitrogens with zero attached hydrogens (tertiary/aromatic N) is 1. The maximum absolute atomic E-state index is 13.9. The Hall–Kier alpha value is -3.35. The lowest BCUT2D eigenvalue weighted by Crippen LogP contribution is -2.45. The van der Waals surface area contributed by atoms with Gasteiger partial charge in [0, 0.05) is 29.2 Å². The summed E-state index contributed by atoms with van der Waals surface area (Å²) in [6, 6.07) is 14.1. The van der Waals surface area contributed by atoms with Crippen molar-refractivity contribution in [2.75, 3.05) is 6.54 Å². The average Bonchev–Trinajstić information content (AvgIpc) is 3.01. The van der Waals surface area contributed by atoms with Gasteiger partial charge >= 0.3 is 12.0 Å². The van der Waals surface area contributed by atoms with Crippen molar-refractivity contribution in [3.05, 3.63) is 71.2 Å². The maximum Gasteiger partial charge on any atom is 0.323 e. The van der Waals surface area contributed by atoms with Crippen molar-refractivity contribution >= 4 is 22.9 Å². The molecule has 0 saturated heterocycles. The molecule has 6 nitrogen and oxygen atoms in total. The summed E-state index contributed by atoms with van der Waals surface area (Å²) in [6.45, 7) is 0.381. The van der Waals surface area contributed by atoms with E-state index in [-0.39, 0.29) is 24.4 Å². The van der Waals surface area contributed by atoms with Crippen LogP contribution in [0, 0.1) is 5.82 Å². The molecule has 1 aliphatic carbocycles. The van der Waals surface area contributed by atoms with Gasteiger partial charge in [0.15, 0.2) is 0 Å². The zero-order chi connectivity index (χ0) is 21.1. The van der Waals surface area contributed by atoms with E-state index in [9.17, 15) is 19.1 Å². The number of halogens is 1. The summed E-state index contributed by atoms with van der Waals surface area (Å²) in [5, 5.41) is 15.9. The number of aromatic nitrogens is 1. The Morgan fingerprint density at radius 3 is 2.73 bits per heavy atom. The Morgan fingerprint density at radius 1 is 1.17 bits per heavy atom. The van der Waals surface area contributed by atoms with Crippen molar-refractivity contribution in [2.45, 2.75) is 38.3 Å². The van der Waals surface area contributed by atoms with Crippen molar-refractivity contribution in [1.29, 1.82) is 0 Å². The van der Waals surface area contributed by atoms with Crippen LogP contribution in [0.15, 0.2) is 48.5 Å². The number of amides is 2. The molecule has 2 aromatic carbocycles. The molecule has 0 aliphatic heterocycles. The highest BCUT2D eigenvalue weighted by molar-refractivity contribution is 5.87. The molecule has 156 valence electrons. The number of fused-ring (bicyclic) bond motifs is 3. The smallest absolute Gasteiger partial charge is 0.323 e. The van der Waals surface area contributed by atoms with Gasteiger partial charge in [0.2, 0.25) is 0 Å². The molecular formula is C23H24FN3O3. The first kappa shape index (κ1) is 19.9. The fraction of sp³-hybridized carbons (Fsp3) is 0.304. The van der Waals surface area contributed by atoms with Crippen molar-refractivity contribution in [2.24, 2.45) is 0 Å². The first-order chi connectivity index (χ1) is 14.5. The van der Waals surface area contributed by atoms with Gasteiger partial charge in [-0.25, -0.2) is 9.18 Å². The molecule has 1 unspecified atom stereocenters. The van der Waals surface area contributed by atoms with Crippen molar-refractivity contribution in [3.63, 3.8) is 0 Å². The van der Waals surface area contributed by atoms with Gasteiger partial charge in [-0.1, -0.05) is 30.3 Å². The lowest BCUT2D eigenvalue weighted by molar-refractivity contribution is -0.137. The standard InChI is InChI=1S/C23H24FN3O3/c24-16-6-8-20-18(12-16)19-13-17(7-9-21(19)27(20)14-22(28)29)26-23(30)25-11-10-15-4-2-1-3-5-15/h1-6,8,12,17H,7,9-11,13-14H2,(H,28,29)(H2,25,26,30). The minimum absolute atomic E-state index is 0.0821. The SMILES string of the molecule is O=C(O)Cn1c2c(c3cc(F)ccc31)CC(NC(=O)NCCc1ccccc1)CC2. The van der Waals surface area contributed by atoms with Crippen molar-refractivity contribution < 1.29 is 19.1 Å². The molecule has 7 heteroatoms. The van der Waals surface area contributed by atoms with Crippen LogP contribution >= 0.6 is 0 Å². The molecule has 0 fully saturated rings. The number of nitrogens with one attached hydrogen (secondary N) is 2. The quantitative estimate of drug-likeness (QED) is 0.584. The number of benzene rings is 2. The first-order valence-corrected chi connectivity index (χ1v) is 10.1. The summed E-state index contributed by atoms with van der Waals surface area (Å²) in [4.78, 5) is 23.6. The maximum atomic E-state index is 13.9. The number of hydrogen-bond acceptors (Lipinski definition) is 2. The second-order valence-electron chi connectivity index (χ2n) is 7.64. The highest BCUT2D eigenvalue weighted by Gasteiger charge is 2.27. The van der Waals surface area contributed by atoms with E-state index in [4.69, 9.17) is 0 Å². The van der Waals surface area contributed by atoms with Crippen molar-refractivity contribution in [3.8, 4) is 0 Å². The summed E-state index contributed by atoms with van der Waals surface area (Å²) in [5.74, 6) is -1.29. The number of carboxylic acid groups (broad SMARTS) is 1. The van der Waals surface area contributed by atoms with Gasteiger partial charge in [0.1, 0.15) is 12.4 Å². The molecule has 3 aromatic rings. The third-order valence-corrected chi connectivity index (χ3v) is 5.60. The van der Waals surface area contributed by atoms with E-state index in [0.717, 1.165) is 34.1 Å². The van der Waals surface area contributed by atoms with Crippen LogP contribution in [0.3, 0.4) is 0 Å². The molecule has 1 atom stereocenters. The van der Waals surface area contributed by atoms with Gasteiger partial charge in [-0.05, 0) is 55.0 Å². The van der Waals surface area contributed by atoms with Crippen LogP contribution < -0.4 is 10.6 Å². The third kappa shape index (κ3) is 4.30. The van der Waals surface area contributed by atoms with E-state index in [1.165, 1.54) is 12.1 Å². The number of carboxylic acids is 1. The normalized spacial score (nSPS) is 15.6. The van der Waals surface area contributed by atoms with E-state index in [2.05, 4.69) is 10.6 Å². The predicted molar refractivity (Wildman–Crippen MR) is 112 cm³/mol. The molecule has 1 aliphatic rings. The fourth-order valence-electron chi connectivity index (χ4n) is 4.26. The molecule has 1 aromatic heterocycles. The van der Waals surface area contributed by atoms with E-state index >= 15 is 0 Å². The predicted octanol–water partition coefficient (Wildman–Crippen LogP) is 3.26. The Labute approximate surface area is 173 Å². The van der Waals surface area contributed by atoms with E-state index in [1.807, 2.05) is 30.3 Å². The second kappa shape index (κ2) is 8.57. The van der Waals surface area contributed by atoms with Gasteiger partial charge in [0.25, 0.3) is 0 Å². The molecule has 30 heavy (non-hydrogen) atoms. The summed E-state index contributed by atoms with van der Waals surface area (Å²) < 4.78 is 15.6. The zero-order valence-electron chi connectivity index (χ0n) is 16.5. The molecular weight excluding hydrogens is 385 g/mol. The number of carbonyl (C=O) groups excluding carboxylic acids is 1. The molecule has 0 radical (unpaired) electrons.